The van der Waals surface area contributed by atoms with Gasteiger partial charge in [-0.25, -0.2) is 23.4 Å². The van der Waals surface area contributed by atoms with Crippen molar-refractivity contribution in [3.8, 4) is 0 Å². The Morgan fingerprint density at radius 1 is 1.27 bits per heavy atom. The van der Waals surface area contributed by atoms with E-state index < -0.39 is 9.84 Å². The van der Waals surface area contributed by atoms with Crippen LogP contribution in [0.25, 0.3) is 11.2 Å². The van der Waals surface area contributed by atoms with Crippen molar-refractivity contribution in [2.45, 2.75) is 11.4 Å². The third kappa shape index (κ3) is 2.88. The molecule has 22 heavy (non-hydrogen) atoms. The van der Waals surface area contributed by atoms with Crippen molar-refractivity contribution in [3.05, 3.63) is 41.4 Å². The maximum Gasteiger partial charge on any atom is 0.182 e. The number of imidazole rings is 1. The van der Waals surface area contributed by atoms with Crippen LogP contribution in [-0.2, 0) is 16.4 Å². The minimum atomic E-state index is -3.32. The van der Waals surface area contributed by atoms with E-state index in [1.807, 2.05) is 0 Å². The summed E-state index contributed by atoms with van der Waals surface area (Å²) >= 11 is 6.02. The lowest BCUT2D eigenvalue weighted by Gasteiger charge is -2.08. The van der Waals surface area contributed by atoms with Crippen LogP contribution >= 0.6 is 11.6 Å². The second-order valence-corrected chi connectivity index (χ2v) is 7.11. The van der Waals surface area contributed by atoms with Gasteiger partial charge in [0.05, 0.1) is 16.2 Å². The average Bonchev–Trinajstić information content (AvgIpc) is 2.92. The molecule has 0 bridgehead atoms. The third-order valence-electron chi connectivity index (χ3n) is 3.08. The molecule has 2 N–H and O–H groups in total. The molecule has 0 atom stereocenters. The number of aromatic amines is 1. The fraction of sp³-hybridized carbons (Fsp3) is 0.154. The lowest BCUT2D eigenvalue weighted by Crippen LogP contribution is -2.04. The summed E-state index contributed by atoms with van der Waals surface area (Å²) in [5.41, 5.74) is 2.12. The van der Waals surface area contributed by atoms with Gasteiger partial charge in [0.25, 0.3) is 0 Å². The van der Waals surface area contributed by atoms with Gasteiger partial charge >= 0.3 is 0 Å². The number of halogens is 1. The van der Waals surface area contributed by atoms with Crippen LogP contribution in [0.4, 0.5) is 5.82 Å². The highest BCUT2D eigenvalue weighted by Crippen LogP contribution is 2.23. The van der Waals surface area contributed by atoms with Crippen molar-refractivity contribution in [3.63, 3.8) is 0 Å². The van der Waals surface area contributed by atoms with Gasteiger partial charge in [0, 0.05) is 12.8 Å². The van der Waals surface area contributed by atoms with Crippen LogP contribution in [-0.4, -0.2) is 34.6 Å². The zero-order valence-electron chi connectivity index (χ0n) is 11.5. The first kappa shape index (κ1) is 14.7. The first-order valence-corrected chi connectivity index (χ1v) is 8.58. The summed E-state index contributed by atoms with van der Waals surface area (Å²) in [6, 6.07) is 4.83. The molecule has 1 aromatic carbocycles. The second kappa shape index (κ2) is 5.54. The molecule has 0 saturated heterocycles. The molecule has 0 fully saturated rings. The van der Waals surface area contributed by atoms with E-state index in [2.05, 4.69) is 25.3 Å². The molecule has 0 amide bonds. The van der Waals surface area contributed by atoms with Crippen molar-refractivity contribution in [2.24, 2.45) is 0 Å². The molecule has 3 aromatic rings. The number of nitrogens with one attached hydrogen (secondary N) is 2. The van der Waals surface area contributed by atoms with E-state index >= 15 is 0 Å². The molecule has 2 aromatic heterocycles. The Kier molecular flexibility index (Phi) is 3.71. The van der Waals surface area contributed by atoms with E-state index in [1.165, 1.54) is 12.4 Å². The van der Waals surface area contributed by atoms with Gasteiger partial charge in [0.2, 0.25) is 0 Å². The maximum absolute atomic E-state index is 11.5. The maximum atomic E-state index is 11.5. The van der Waals surface area contributed by atoms with Crippen molar-refractivity contribution in [2.75, 3.05) is 11.6 Å². The molecule has 7 nitrogen and oxygen atoms in total. The van der Waals surface area contributed by atoms with Gasteiger partial charge in [-0.3, -0.25) is 0 Å². The molecule has 0 unspecified atom stereocenters. The molecular weight excluding hydrogens is 326 g/mol. The topological polar surface area (TPSA) is 101 Å². The number of fused-ring (bicyclic) bond motifs is 1. The summed E-state index contributed by atoms with van der Waals surface area (Å²) in [6.07, 6.45) is 4.09. The van der Waals surface area contributed by atoms with E-state index in [-0.39, 0.29) is 9.92 Å². The lowest BCUT2D eigenvalue weighted by molar-refractivity contribution is 0.602. The highest BCUT2D eigenvalue weighted by molar-refractivity contribution is 7.90. The Morgan fingerprint density at radius 2 is 2.09 bits per heavy atom. The van der Waals surface area contributed by atoms with E-state index in [1.54, 1.807) is 18.5 Å². The Balaban J connectivity index is 1.83. The van der Waals surface area contributed by atoms with E-state index in [0.29, 0.717) is 23.5 Å². The monoisotopic (exact) mass is 337 g/mol. The molecule has 0 spiro atoms. The molecule has 0 aliphatic rings. The lowest BCUT2D eigenvalue weighted by atomic mass is 10.2. The summed E-state index contributed by atoms with van der Waals surface area (Å²) in [5.74, 6) is 0.616. The number of anilines is 1. The summed E-state index contributed by atoms with van der Waals surface area (Å²) in [6.45, 7) is 0.439. The summed E-state index contributed by atoms with van der Waals surface area (Å²) in [4.78, 5) is 15.3. The first-order chi connectivity index (χ1) is 10.4. The van der Waals surface area contributed by atoms with Gasteiger partial charge in [0.1, 0.15) is 11.8 Å². The minimum Gasteiger partial charge on any atom is -0.364 e. The molecule has 0 radical (unpaired) electrons. The van der Waals surface area contributed by atoms with Gasteiger partial charge in [0.15, 0.2) is 21.3 Å². The van der Waals surface area contributed by atoms with Gasteiger partial charge in [-0.1, -0.05) is 17.7 Å². The van der Waals surface area contributed by atoms with Crippen molar-refractivity contribution in [1.29, 1.82) is 0 Å². The number of nitrogens with zero attached hydrogens (tertiary/aromatic N) is 3. The van der Waals surface area contributed by atoms with E-state index in [4.69, 9.17) is 11.6 Å². The molecule has 0 aliphatic carbocycles. The van der Waals surface area contributed by atoms with Gasteiger partial charge < -0.3 is 10.3 Å². The van der Waals surface area contributed by atoms with E-state index in [0.717, 1.165) is 11.8 Å². The Bertz CT molecular complexity index is 939. The predicted octanol–water partition coefficient (Wildman–Crippen LogP) is 2.02. The quantitative estimate of drug-likeness (QED) is 0.755. The van der Waals surface area contributed by atoms with Crippen LogP contribution in [0.1, 0.15) is 5.56 Å². The normalized spacial score (nSPS) is 11.7. The number of benzene rings is 1. The average molecular weight is 338 g/mol. The Morgan fingerprint density at radius 3 is 2.82 bits per heavy atom. The Hall–Kier alpha value is -2.19. The standard InChI is InChI=1S/C13H12ClN5O2S/c1-22(20,21)10-3-2-8(4-9(10)14)5-15-12-11-13(17-6-16-11)19-7-18-12/h2-4,6-7H,5H2,1H3,(H2,15,16,17,18,19). The van der Waals surface area contributed by atoms with Gasteiger partial charge in [-0.05, 0) is 17.7 Å². The van der Waals surface area contributed by atoms with Gasteiger partial charge in [-0.15, -0.1) is 0 Å². The summed E-state index contributed by atoms with van der Waals surface area (Å²) in [7, 11) is -3.32. The SMILES string of the molecule is CS(=O)(=O)c1ccc(CNc2ncnc3nc[nH]c23)cc1Cl. The van der Waals surface area contributed by atoms with Crippen molar-refractivity contribution in [1.82, 2.24) is 19.9 Å². The molecule has 2 heterocycles. The number of sulfone groups is 1. The van der Waals surface area contributed by atoms with Crippen molar-refractivity contribution >= 4 is 38.4 Å². The van der Waals surface area contributed by atoms with Crippen LogP contribution in [0, 0.1) is 0 Å². The summed E-state index contributed by atoms with van der Waals surface area (Å²) in [5, 5.41) is 3.35. The number of hydrogen-bond donors (Lipinski definition) is 2. The zero-order valence-corrected chi connectivity index (χ0v) is 13.1. The number of hydrogen-bond acceptors (Lipinski definition) is 6. The zero-order chi connectivity index (χ0) is 15.7. The van der Waals surface area contributed by atoms with Crippen LogP contribution in [0.3, 0.4) is 0 Å². The highest BCUT2D eigenvalue weighted by Gasteiger charge is 2.12. The van der Waals surface area contributed by atoms with E-state index in [9.17, 15) is 8.42 Å². The molecular formula is C13H12ClN5O2S. The molecule has 3 rings (SSSR count). The minimum absolute atomic E-state index is 0.121. The molecule has 114 valence electrons. The number of H-pyrrole nitrogens is 1. The van der Waals surface area contributed by atoms with Crippen LogP contribution in [0.15, 0.2) is 35.7 Å². The molecule has 0 saturated carbocycles. The fourth-order valence-electron chi connectivity index (χ4n) is 2.04. The van der Waals surface area contributed by atoms with Crippen LogP contribution in [0.5, 0.6) is 0 Å². The Labute approximate surface area is 131 Å². The highest BCUT2D eigenvalue weighted by atomic mass is 35.5. The largest absolute Gasteiger partial charge is 0.364 e. The second-order valence-electron chi connectivity index (χ2n) is 4.71. The third-order valence-corrected chi connectivity index (χ3v) is 4.66. The molecule has 9 heteroatoms. The number of rotatable bonds is 4. The first-order valence-electron chi connectivity index (χ1n) is 6.31. The predicted molar refractivity (Wildman–Crippen MR) is 83.6 cm³/mol. The molecule has 0 aliphatic heterocycles. The van der Waals surface area contributed by atoms with Gasteiger partial charge in [-0.2, -0.15) is 0 Å². The van der Waals surface area contributed by atoms with Crippen LogP contribution < -0.4 is 5.32 Å². The van der Waals surface area contributed by atoms with Crippen LogP contribution in [0.2, 0.25) is 5.02 Å². The van der Waals surface area contributed by atoms with Crippen molar-refractivity contribution < 1.29 is 8.42 Å². The summed E-state index contributed by atoms with van der Waals surface area (Å²) < 4.78 is 23.1. The fourth-order valence-corrected chi connectivity index (χ4v) is 3.39. The smallest absolute Gasteiger partial charge is 0.182 e. The number of aromatic nitrogens is 4.